The first kappa shape index (κ1) is 11.1. The van der Waals surface area contributed by atoms with Gasteiger partial charge in [0.15, 0.2) is 5.65 Å². The van der Waals surface area contributed by atoms with Gasteiger partial charge in [-0.15, -0.1) is 0 Å². The van der Waals surface area contributed by atoms with Crippen LogP contribution in [-0.2, 0) is 0 Å². The minimum Gasteiger partial charge on any atom is -0.224 e. The topological polar surface area (TPSA) is 43.6 Å². The van der Waals surface area contributed by atoms with Crippen molar-refractivity contribution < 1.29 is 4.39 Å². The van der Waals surface area contributed by atoms with Crippen molar-refractivity contribution in [1.29, 1.82) is 0 Å². The van der Waals surface area contributed by atoms with E-state index < -0.39 is 0 Å². The molecule has 0 saturated carbocycles. The molecule has 3 rings (SSSR count). The molecular weight excluding hydrogens is 255 g/mol. The van der Waals surface area contributed by atoms with Crippen LogP contribution in [0.1, 0.15) is 5.56 Å². The monoisotopic (exact) mass is 262 g/mol. The Labute approximate surface area is 107 Å². The fourth-order valence-corrected chi connectivity index (χ4v) is 1.98. The molecule has 0 radical (unpaired) electrons. The van der Waals surface area contributed by atoms with E-state index in [1.807, 2.05) is 6.92 Å². The number of halogens is 2. The van der Waals surface area contributed by atoms with E-state index in [2.05, 4.69) is 15.1 Å². The third kappa shape index (κ3) is 1.64. The van der Waals surface area contributed by atoms with E-state index in [0.717, 1.165) is 5.56 Å². The highest BCUT2D eigenvalue weighted by Crippen LogP contribution is 2.23. The molecule has 0 fully saturated rings. The van der Waals surface area contributed by atoms with Gasteiger partial charge in [0.1, 0.15) is 17.3 Å². The first-order valence-electron chi connectivity index (χ1n) is 5.27. The molecule has 0 N–H and O–H groups in total. The second kappa shape index (κ2) is 4.03. The summed E-state index contributed by atoms with van der Waals surface area (Å²) in [4.78, 5) is 8.01. The van der Waals surface area contributed by atoms with Gasteiger partial charge in [0.2, 0.25) is 0 Å². The number of benzene rings is 1. The highest BCUT2D eigenvalue weighted by atomic mass is 35.5. The third-order valence-corrected chi connectivity index (χ3v) is 3.02. The Morgan fingerprint density at radius 1 is 1.28 bits per heavy atom. The van der Waals surface area contributed by atoms with Gasteiger partial charge in [0, 0.05) is 0 Å². The summed E-state index contributed by atoms with van der Waals surface area (Å²) in [5, 5.41) is 5.17. The summed E-state index contributed by atoms with van der Waals surface area (Å²) in [7, 11) is 0. The van der Waals surface area contributed by atoms with Crippen molar-refractivity contribution in [2.24, 2.45) is 0 Å². The maximum absolute atomic E-state index is 13.3. The van der Waals surface area contributed by atoms with Crippen LogP contribution >= 0.6 is 11.6 Å². The lowest BCUT2D eigenvalue weighted by molar-refractivity contribution is 0.625. The minimum absolute atomic E-state index is 0.320. The second-order valence-electron chi connectivity index (χ2n) is 3.89. The van der Waals surface area contributed by atoms with Crippen LogP contribution < -0.4 is 0 Å². The van der Waals surface area contributed by atoms with Crippen LogP contribution in [0.15, 0.2) is 30.7 Å². The number of fused-ring (bicyclic) bond motifs is 1. The number of nitrogens with zero attached hydrogens (tertiary/aromatic N) is 4. The molecule has 4 nitrogen and oxygen atoms in total. The van der Waals surface area contributed by atoms with Crippen molar-refractivity contribution in [3.05, 3.63) is 47.3 Å². The largest absolute Gasteiger partial charge is 0.224 e. The molecule has 0 aliphatic rings. The van der Waals surface area contributed by atoms with Gasteiger partial charge in [-0.3, -0.25) is 0 Å². The fraction of sp³-hybridized carbons (Fsp3) is 0.0833. The van der Waals surface area contributed by atoms with Gasteiger partial charge in [-0.1, -0.05) is 17.7 Å². The summed E-state index contributed by atoms with van der Waals surface area (Å²) in [5.74, 6) is -0.320. The van der Waals surface area contributed by atoms with Crippen LogP contribution in [0.4, 0.5) is 4.39 Å². The molecule has 0 aliphatic carbocycles. The molecule has 2 heterocycles. The molecule has 0 unspecified atom stereocenters. The number of hydrogen-bond acceptors (Lipinski definition) is 3. The first-order valence-corrected chi connectivity index (χ1v) is 5.65. The molecule has 0 aliphatic heterocycles. The van der Waals surface area contributed by atoms with Crippen LogP contribution in [-0.4, -0.2) is 19.7 Å². The van der Waals surface area contributed by atoms with Crippen molar-refractivity contribution in [2.75, 3.05) is 0 Å². The average Bonchev–Trinajstić information content (AvgIpc) is 2.77. The molecule has 0 spiro atoms. The molecule has 90 valence electrons. The Balaban J connectivity index is 2.32. The van der Waals surface area contributed by atoms with Crippen molar-refractivity contribution >= 4 is 22.6 Å². The standard InChI is InChI=1S/C12H8ClFN4/c1-7-2-3-8(14)4-10(7)18-12-9(5-17-18)11(13)15-6-16-12/h2-6H,1H3. The molecule has 6 heteroatoms. The maximum atomic E-state index is 13.3. The van der Waals surface area contributed by atoms with Gasteiger partial charge in [0.25, 0.3) is 0 Å². The lowest BCUT2D eigenvalue weighted by Gasteiger charge is -2.06. The zero-order valence-corrected chi connectivity index (χ0v) is 10.2. The number of rotatable bonds is 1. The Hall–Kier alpha value is -2.01. The van der Waals surface area contributed by atoms with Crippen molar-refractivity contribution in [3.8, 4) is 5.69 Å². The number of hydrogen-bond donors (Lipinski definition) is 0. The van der Waals surface area contributed by atoms with Crippen molar-refractivity contribution in [2.45, 2.75) is 6.92 Å². The minimum atomic E-state index is -0.320. The molecule has 2 aromatic heterocycles. The van der Waals surface area contributed by atoms with E-state index in [4.69, 9.17) is 11.6 Å². The van der Waals surface area contributed by atoms with E-state index in [9.17, 15) is 4.39 Å². The average molecular weight is 263 g/mol. The first-order chi connectivity index (χ1) is 8.66. The Morgan fingerprint density at radius 2 is 2.11 bits per heavy atom. The molecular formula is C12H8ClFN4. The molecule has 3 aromatic rings. The van der Waals surface area contributed by atoms with Gasteiger partial charge in [-0.2, -0.15) is 5.10 Å². The zero-order valence-electron chi connectivity index (χ0n) is 9.43. The summed E-state index contributed by atoms with van der Waals surface area (Å²) < 4.78 is 14.9. The quantitative estimate of drug-likeness (QED) is 0.634. The normalized spacial score (nSPS) is 11.1. The van der Waals surface area contributed by atoms with Crippen LogP contribution in [0.3, 0.4) is 0 Å². The molecule has 0 bridgehead atoms. The highest BCUT2D eigenvalue weighted by molar-refractivity contribution is 6.33. The van der Waals surface area contributed by atoms with Gasteiger partial charge in [-0.25, -0.2) is 19.0 Å². The third-order valence-electron chi connectivity index (χ3n) is 2.72. The predicted octanol–water partition coefficient (Wildman–Crippen LogP) is 2.92. The molecule has 1 aromatic carbocycles. The van der Waals surface area contributed by atoms with Crippen LogP contribution in [0, 0.1) is 12.7 Å². The van der Waals surface area contributed by atoms with Gasteiger partial charge in [0.05, 0.1) is 17.3 Å². The number of aryl methyl sites for hydroxylation is 1. The van der Waals surface area contributed by atoms with Crippen LogP contribution in [0.5, 0.6) is 0 Å². The predicted molar refractivity (Wildman–Crippen MR) is 66.4 cm³/mol. The molecule has 18 heavy (non-hydrogen) atoms. The Morgan fingerprint density at radius 3 is 2.94 bits per heavy atom. The number of aromatic nitrogens is 4. The second-order valence-corrected chi connectivity index (χ2v) is 4.25. The Bertz CT molecular complexity index is 738. The maximum Gasteiger partial charge on any atom is 0.167 e. The van der Waals surface area contributed by atoms with Gasteiger partial charge < -0.3 is 0 Å². The SMILES string of the molecule is Cc1ccc(F)cc1-n1ncc2c(Cl)ncnc21. The lowest BCUT2D eigenvalue weighted by atomic mass is 10.2. The van der Waals surface area contributed by atoms with E-state index in [1.54, 1.807) is 16.9 Å². The summed E-state index contributed by atoms with van der Waals surface area (Å²) in [5.41, 5.74) is 2.10. The summed E-state index contributed by atoms with van der Waals surface area (Å²) in [6.45, 7) is 1.88. The van der Waals surface area contributed by atoms with Crippen LogP contribution in [0.2, 0.25) is 5.15 Å². The smallest absolute Gasteiger partial charge is 0.167 e. The molecule has 0 saturated heterocycles. The van der Waals surface area contributed by atoms with Crippen molar-refractivity contribution in [3.63, 3.8) is 0 Å². The van der Waals surface area contributed by atoms with E-state index in [-0.39, 0.29) is 5.82 Å². The van der Waals surface area contributed by atoms with Gasteiger partial charge in [-0.05, 0) is 24.6 Å². The van der Waals surface area contributed by atoms with Gasteiger partial charge >= 0.3 is 0 Å². The summed E-state index contributed by atoms with van der Waals surface area (Å²) in [6.07, 6.45) is 2.93. The molecule has 0 atom stereocenters. The van der Waals surface area contributed by atoms with Crippen LogP contribution in [0.25, 0.3) is 16.7 Å². The highest BCUT2D eigenvalue weighted by Gasteiger charge is 2.11. The molecule has 0 amide bonds. The van der Waals surface area contributed by atoms with E-state index >= 15 is 0 Å². The van der Waals surface area contributed by atoms with E-state index in [1.165, 1.54) is 18.5 Å². The zero-order chi connectivity index (χ0) is 12.7. The lowest BCUT2D eigenvalue weighted by Crippen LogP contribution is -2.01. The Kier molecular flexibility index (Phi) is 2.48. The van der Waals surface area contributed by atoms with Crippen molar-refractivity contribution in [1.82, 2.24) is 19.7 Å². The summed E-state index contributed by atoms with van der Waals surface area (Å²) >= 11 is 5.95. The van der Waals surface area contributed by atoms with E-state index in [0.29, 0.717) is 21.9 Å². The summed E-state index contributed by atoms with van der Waals surface area (Å²) in [6, 6.07) is 4.52. The fourth-order valence-electron chi connectivity index (χ4n) is 1.80.